The maximum Gasteiger partial charge on any atom is 0.309 e. The number of benzene rings is 2. The van der Waals surface area contributed by atoms with Crippen LogP contribution in [0.15, 0.2) is 59.0 Å². The van der Waals surface area contributed by atoms with E-state index in [1.165, 1.54) is 0 Å². The highest BCUT2D eigenvalue weighted by Gasteiger charge is 2.29. The Balaban J connectivity index is 1.29. The van der Waals surface area contributed by atoms with E-state index < -0.39 is 0 Å². The molecule has 2 heterocycles. The molecule has 7 heteroatoms. The molecule has 4 rings (SSSR count). The molecule has 1 fully saturated rings. The average molecular weight is 439 g/mol. The van der Waals surface area contributed by atoms with Crippen LogP contribution >= 0.6 is 11.6 Å². The van der Waals surface area contributed by atoms with E-state index in [4.69, 9.17) is 20.8 Å². The molecule has 2 aromatic carbocycles. The van der Waals surface area contributed by atoms with Crippen molar-refractivity contribution in [3.05, 3.63) is 76.6 Å². The summed E-state index contributed by atoms with van der Waals surface area (Å²) < 4.78 is 11.2. The van der Waals surface area contributed by atoms with Gasteiger partial charge in [-0.15, -0.1) is 0 Å². The summed E-state index contributed by atoms with van der Waals surface area (Å²) in [5.41, 5.74) is 2.09. The van der Waals surface area contributed by atoms with Crippen molar-refractivity contribution in [3.8, 4) is 11.5 Å². The lowest BCUT2D eigenvalue weighted by Crippen LogP contribution is -2.40. The predicted octanol–water partition coefficient (Wildman–Crippen LogP) is 4.90. The minimum atomic E-state index is -0.262. The van der Waals surface area contributed by atoms with Crippen molar-refractivity contribution in [2.45, 2.75) is 26.4 Å². The summed E-state index contributed by atoms with van der Waals surface area (Å²) in [6.45, 7) is 2.92. The summed E-state index contributed by atoms with van der Waals surface area (Å²) in [4.78, 5) is 31.4. The van der Waals surface area contributed by atoms with Crippen molar-refractivity contribution >= 4 is 23.5 Å². The van der Waals surface area contributed by atoms with Crippen molar-refractivity contribution in [1.82, 2.24) is 9.88 Å². The number of aromatic nitrogens is 1. The molecule has 0 radical (unpaired) electrons. The van der Waals surface area contributed by atoms with Gasteiger partial charge in [-0.2, -0.15) is 0 Å². The Hall–Kier alpha value is -3.12. The van der Waals surface area contributed by atoms with E-state index in [2.05, 4.69) is 4.98 Å². The Labute approximate surface area is 185 Å². The van der Waals surface area contributed by atoms with Gasteiger partial charge in [0.05, 0.1) is 5.92 Å². The second-order valence-corrected chi connectivity index (χ2v) is 8.01. The monoisotopic (exact) mass is 438 g/mol. The van der Waals surface area contributed by atoms with E-state index in [0.717, 1.165) is 5.56 Å². The highest BCUT2D eigenvalue weighted by molar-refractivity contribution is 6.30. The van der Waals surface area contributed by atoms with E-state index in [9.17, 15) is 9.59 Å². The Bertz CT molecular complexity index is 1050. The first-order valence-corrected chi connectivity index (χ1v) is 10.6. The molecular weight excluding hydrogens is 416 g/mol. The number of hydrogen-bond donors (Lipinski definition) is 0. The van der Waals surface area contributed by atoms with Crippen molar-refractivity contribution in [2.75, 3.05) is 13.1 Å². The predicted molar refractivity (Wildman–Crippen MR) is 117 cm³/mol. The van der Waals surface area contributed by atoms with Gasteiger partial charge in [-0.3, -0.25) is 9.59 Å². The number of ether oxygens (including phenoxy) is 1. The van der Waals surface area contributed by atoms with Crippen LogP contribution < -0.4 is 0 Å². The zero-order valence-corrected chi connectivity index (χ0v) is 18.0. The fraction of sp³-hybridized carbons (Fsp3) is 0.292. The molecule has 0 N–H and O–H groups in total. The molecule has 160 valence electrons. The largest absolute Gasteiger partial charge is 0.459 e. The van der Waals surface area contributed by atoms with E-state index >= 15 is 0 Å². The number of hydrogen-bond acceptors (Lipinski definition) is 5. The number of aryl methyl sites for hydroxylation is 1. The Morgan fingerprint density at radius 2 is 1.77 bits per heavy atom. The first-order valence-electron chi connectivity index (χ1n) is 10.2. The molecular formula is C24H23ClN2O4. The number of carbonyl (C=O) groups is 2. The third-order valence-electron chi connectivity index (χ3n) is 5.47. The summed E-state index contributed by atoms with van der Waals surface area (Å²) in [6.07, 6.45) is 1.15. The molecule has 0 aliphatic carbocycles. The molecule has 0 saturated carbocycles. The molecule has 0 spiro atoms. The van der Waals surface area contributed by atoms with Crippen LogP contribution in [0.5, 0.6) is 0 Å². The van der Waals surface area contributed by atoms with Gasteiger partial charge in [0.1, 0.15) is 18.1 Å². The Morgan fingerprint density at radius 1 is 1.10 bits per heavy atom. The second kappa shape index (κ2) is 9.35. The van der Waals surface area contributed by atoms with Gasteiger partial charge in [-0.05, 0) is 56.2 Å². The van der Waals surface area contributed by atoms with Gasteiger partial charge in [-0.1, -0.05) is 29.8 Å². The molecule has 0 unspecified atom stereocenters. The molecule has 1 saturated heterocycles. The smallest absolute Gasteiger partial charge is 0.309 e. The van der Waals surface area contributed by atoms with Gasteiger partial charge >= 0.3 is 5.97 Å². The number of likely N-dealkylation sites (tertiary alicyclic amines) is 1. The van der Waals surface area contributed by atoms with E-state index in [0.29, 0.717) is 53.9 Å². The van der Waals surface area contributed by atoms with Crippen molar-refractivity contribution < 1.29 is 18.7 Å². The molecule has 1 aromatic heterocycles. The maximum absolute atomic E-state index is 12.6. The van der Waals surface area contributed by atoms with Gasteiger partial charge in [0.25, 0.3) is 5.91 Å². The maximum atomic E-state index is 12.6. The van der Waals surface area contributed by atoms with Gasteiger partial charge in [0.2, 0.25) is 5.89 Å². The number of carbonyl (C=O) groups excluding carboxylic acids is 2. The van der Waals surface area contributed by atoms with Gasteiger partial charge < -0.3 is 14.1 Å². The number of esters is 1. The lowest BCUT2D eigenvalue weighted by atomic mass is 9.96. The second-order valence-electron chi connectivity index (χ2n) is 7.57. The van der Waals surface area contributed by atoms with Crippen LogP contribution in [0.25, 0.3) is 11.5 Å². The fourth-order valence-corrected chi connectivity index (χ4v) is 3.74. The van der Waals surface area contributed by atoms with Crippen LogP contribution in [0.4, 0.5) is 0 Å². The van der Waals surface area contributed by atoms with Crippen LogP contribution in [0.1, 0.15) is 34.7 Å². The fourth-order valence-electron chi connectivity index (χ4n) is 3.62. The lowest BCUT2D eigenvalue weighted by molar-refractivity contribution is -0.151. The number of oxazole rings is 1. The van der Waals surface area contributed by atoms with Gasteiger partial charge in [-0.25, -0.2) is 4.98 Å². The number of piperidine rings is 1. The molecule has 3 aromatic rings. The highest BCUT2D eigenvalue weighted by Crippen LogP contribution is 2.24. The minimum Gasteiger partial charge on any atom is -0.459 e. The standard InChI is InChI=1S/C24H23ClN2O4/c1-16-21(26-22(31-16)17-5-3-2-4-6-17)15-30-24(29)19-11-13-27(14-12-19)23(28)18-7-9-20(25)10-8-18/h2-10,19H,11-15H2,1H3. The van der Waals surface area contributed by atoms with Crippen molar-refractivity contribution in [3.63, 3.8) is 0 Å². The normalized spacial score (nSPS) is 14.5. The molecule has 31 heavy (non-hydrogen) atoms. The van der Waals surface area contributed by atoms with Crippen molar-refractivity contribution in [2.24, 2.45) is 5.92 Å². The molecule has 0 bridgehead atoms. The molecule has 6 nitrogen and oxygen atoms in total. The summed E-state index contributed by atoms with van der Waals surface area (Å²) in [7, 11) is 0. The summed E-state index contributed by atoms with van der Waals surface area (Å²) in [6, 6.07) is 16.4. The number of halogens is 1. The third kappa shape index (κ3) is 4.97. The van der Waals surface area contributed by atoms with E-state index in [1.54, 1.807) is 29.2 Å². The number of rotatable bonds is 5. The van der Waals surface area contributed by atoms with Gasteiger partial charge in [0.15, 0.2) is 0 Å². The molecule has 0 atom stereocenters. The van der Waals surface area contributed by atoms with Crippen LogP contribution in [0.2, 0.25) is 5.02 Å². The van der Waals surface area contributed by atoms with E-state index in [1.807, 2.05) is 37.3 Å². The summed E-state index contributed by atoms with van der Waals surface area (Å²) in [5, 5.41) is 0.594. The summed E-state index contributed by atoms with van der Waals surface area (Å²) >= 11 is 5.89. The van der Waals surface area contributed by atoms with Crippen LogP contribution in [-0.4, -0.2) is 34.8 Å². The molecule has 1 amide bonds. The SMILES string of the molecule is Cc1oc(-c2ccccc2)nc1COC(=O)C1CCN(C(=O)c2ccc(Cl)cc2)CC1. The average Bonchev–Trinajstić information content (AvgIpc) is 3.18. The van der Waals surface area contributed by atoms with E-state index in [-0.39, 0.29) is 24.4 Å². The number of nitrogens with zero attached hydrogens (tertiary/aromatic N) is 2. The van der Waals surface area contributed by atoms with Crippen molar-refractivity contribution in [1.29, 1.82) is 0 Å². The zero-order valence-electron chi connectivity index (χ0n) is 17.2. The summed E-state index contributed by atoms with van der Waals surface area (Å²) in [5.74, 6) is 0.612. The van der Waals surface area contributed by atoms with Crippen LogP contribution in [0.3, 0.4) is 0 Å². The first kappa shape index (κ1) is 21.1. The first-order chi connectivity index (χ1) is 15.0. The zero-order chi connectivity index (χ0) is 21.8. The van der Waals surface area contributed by atoms with Crippen LogP contribution in [-0.2, 0) is 16.1 Å². The lowest BCUT2D eigenvalue weighted by Gasteiger charge is -2.31. The van der Waals surface area contributed by atoms with Gasteiger partial charge in [0, 0.05) is 29.2 Å². The highest BCUT2D eigenvalue weighted by atomic mass is 35.5. The number of amides is 1. The molecule has 1 aliphatic heterocycles. The van der Waals surface area contributed by atoms with Crippen LogP contribution in [0, 0.1) is 12.8 Å². The molecule has 1 aliphatic rings. The minimum absolute atomic E-state index is 0.0462. The Morgan fingerprint density at radius 3 is 2.45 bits per heavy atom. The third-order valence-corrected chi connectivity index (χ3v) is 5.72. The Kier molecular flexibility index (Phi) is 6.37. The topological polar surface area (TPSA) is 72.6 Å². The quantitative estimate of drug-likeness (QED) is 0.530.